The van der Waals surface area contributed by atoms with Crippen molar-refractivity contribution < 1.29 is 19.1 Å². The van der Waals surface area contributed by atoms with Crippen molar-refractivity contribution >= 4 is 40.5 Å². The maximum Gasteiger partial charge on any atom is 0.411 e. The zero-order valence-corrected chi connectivity index (χ0v) is 25.7. The normalized spacial score (nSPS) is 15.4. The highest BCUT2D eigenvalue weighted by atomic mass is 127. The molecule has 0 radical (unpaired) electrons. The number of nitrogens with one attached hydrogen (secondary N) is 1. The molecule has 3 aromatic carbocycles. The summed E-state index contributed by atoms with van der Waals surface area (Å²) in [4.78, 5) is 29.5. The molecule has 0 saturated carbocycles. The third-order valence-electron chi connectivity index (χ3n) is 7.48. The molecule has 2 aliphatic rings. The molecule has 210 valence electrons. The first-order chi connectivity index (χ1) is 19.1. The van der Waals surface area contributed by atoms with E-state index < -0.39 is 11.7 Å². The molecule has 1 aliphatic carbocycles. The Morgan fingerprint density at radius 3 is 2.15 bits per heavy atom. The molecule has 0 bridgehead atoms. The van der Waals surface area contributed by atoms with Crippen molar-refractivity contribution in [2.75, 3.05) is 38.1 Å². The smallest absolute Gasteiger partial charge is 0.411 e. The Morgan fingerprint density at radius 1 is 0.950 bits per heavy atom. The van der Waals surface area contributed by atoms with E-state index in [2.05, 4.69) is 63.1 Å². The van der Waals surface area contributed by atoms with Crippen LogP contribution < -0.4 is 5.32 Å². The van der Waals surface area contributed by atoms with Crippen molar-refractivity contribution in [3.63, 3.8) is 0 Å². The van der Waals surface area contributed by atoms with Crippen LogP contribution in [0.4, 0.5) is 15.3 Å². The lowest BCUT2D eigenvalue weighted by atomic mass is 9.98. The van der Waals surface area contributed by atoms with Gasteiger partial charge in [-0.15, -0.1) is 0 Å². The molecule has 3 aromatic rings. The van der Waals surface area contributed by atoms with Gasteiger partial charge in [0.2, 0.25) is 0 Å². The molecule has 1 aliphatic heterocycles. The zero-order chi connectivity index (χ0) is 28.4. The van der Waals surface area contributed by atoms with Crippen LogP contribution in [0.5, 0.6) is 0 Å². The molecule has 1 heterocycles. The van der Waals surface area contributed by atoms with E-state index in [4.69, 9.17) is 9.47 Å². The van der Waals surface area contributed by atoms with E-state index >= 15 is 0 Å². The summed E-state index contributed by atoms with van der Waals surface area (Å²) >= 11 is 2.29. The van der Waals surface area contributed by atoms with Crippen molar-refractivity contribution in [3.8, 4) is 11.1 Å². The van der Waals surface area contributed by atoms with E-state index in [1.54, 1.807) is 4.90 Å². The minimum absolute atomic E-state index is 0.0186. The molecule has 2 amide bonds. The second kappa shape index (κ2) is 11.8. The minimum atomic E-state index is -0.497. The van der Waals surface area contributed by atoms with Gasteiger partial charge in [0, 0.05) is 47.9 Å². The Bertz CT molecular complexity index is 1360. The van der Waals surface area contributed by atoms with Gasteiger partial charge in [0.05, 0.1) is 0 Å². The highest BCUT2D eigenvalue weighted by Crippen LogP contribution is 2.44. The van der Waals surface area contributed by atoms with Gasteiger partial charge in [0.15, 0.2) is 0 Å². The molecule has 0 atom stereocenters. The first-order valence-electron chi connectivity index (χ1n) is 13.7. The van der Waals surface area contributed by atoms with Gasteiger partial charge in [-0.1, -0.05) is 48.5 Å². The standard InChI is InChI=1S/C32H36IN3O4/c1-21-22(19-35-13-15-36(16-14-35)31(38)40-32(2,3)4)17-23(33)18-29(21)34-30(37)39-20-28-26-11-7-5-9-24(26)25-10-6-8-12-27(25)28/h5-12,17-18,28H,13-16,19-20H2,1-4H3,(H,34,37). The van der Waals surface area contributed by atoms with Crippen LogP contribution in [-0.4, -0.2) is 60.4 Å². The maximum absolute atomic E-state index is 13.0. The SMILES string of the molecule is Cc1c(CN2CCN(C(=O)OC(C)(C)C)CC2)cc(I)cc1NC(=O)OCC1c2ccccc2-c2ccccc21. The van der Waals surface area contributed by atoms with Crippen LogP contribution >= 0.6 is 22.6 Å². The summed E-state index contributed by atoms with van der Waals surface area (Å²) in [6, 6.07) is 20.8. The molecule has 40 heavy (non-hydrogen) atoms. The van der Waals surface area contributed by atoms with Gasteiger partial charge in [0.1, 0.15) is 12.2 Å². The van der Waals surface area contributed by atoms with Crippen LogP contribution in [0.15, 0.2) is 60.7 Å². The Morgan fingerprint density at radius 2 is 1.55 bits per heavy atom. The molecule has 1 saturated heterocycles. The number of hydrogen-bond acceptors (Lipinski definition) is 5. The van der Waals surface area contributed by atoms with Crippen LogP contribution in [0.1, 0.15) is 48.9 Å². The van der Waals surface area contributed by atoms with Crippen molar-refractivity contribution in [1.29, 1.82) is 0 Å². The summed E-state index contributed by atoms with van der Waals surface area (Å²) in [5, 5.41) is 2.99. The summed E-state index contributed by atoms with van der Waals surface area (Å²) in [5.74, 6) is 0.0186. The number of fused-ring (bicyclic) bond motifs is 3. The number of nitrogens with zero attached hydrogens (tertiary/aromatic N) is 2. The molecular formula is C32H36IN3O4. The number of halogens is 1. The van der Waals surface area contributed by atoms with Gasteiger partial charge in [-0.3, -0.25) is 10.2 Å². The topological polar surface area (TPSA) is 71.1 Å². The maximum atomic E-state index is 13.0. The number of piperazine rings is 1. The van der Waals surface area contributed by atoms with E-state index in [1.807, 2.05) is 58.0 Å². The van der Waals surface area contributed by atoms with Crippen LogP contribution in [-0.2, 0) is 16.0 Å². The molecular weight excluding hydrogens is 617 g/mol. The molecule has 1 fully saturated rings. The third-order valence-corrected chi connectivity index (χ3v) is 8.10. The number of amides is 2. The van der Waals surface area contributed by atoms with Gasteiger partial charge in [-0.25, -0.2) is 9.59 Å². The lowest BCUT2D eigenvalue weighted by Crippen LogP contribution is -2.49. The zero-order valence-electron chi connectivity index (χ0n) is 23.5. The summed E-state index contributed by atoms with van der Waals surface area (Å²) < 4.78 is 12.3. The van der Waals surface area contributed by atoms with Crippen LogP contribution in [0, 0.1) is 10.5 Å². The fourth-order valence-electron chi connectivity index (χ4n) is 5.43. The van der Waals surface area contributed by atoms with Crippen molar-refractivity contribution in [2.24, 2.45) is 0 Å². The summed E-state index contributed by atoms with van der Waals surface area (Å²) in [5.41, 5.74) is 7.21. The molecule has 8 heteroatoms. The van der Waals surface area contributed by atoms with Crippen molar-refractivity contribution in [3.05, 3.63) is 86.5 Å². The highest BCUT2D eigenvalue weighted by Gasteiger charge is 2.29. The van der Waals surface area contributed by atoms with Gasteiger partial charge >= 0.3 is 12.2 Å². The highest BCUT2D eigenvalue weighted by molar-refractivity contribution is 14.1. The fourth-order valence-corrected chi connectivity index (χ4v) is 6.12. The van der Waals surface area contributed by atoms with E-state index in [-0.39, 0.29) is 18.6 Å². The summed E-state index contributed by atoms with van der Waals surface area (Å²) in [7, 11) is 0. The van der Waals surface area contributed by atoms with E-state index in [0.717, 1.165) is 40.0 Å². The number of carbonyl (C=O) groups excluding carboxylic acids is 2. The third kappa shape index (κ3) is 6.44. The second-order valence-corrected chi connectivity index (χ2v) is 12.7. The molecule has 0 spiro atoms. The molecule has 5 rings (SSSR count). The van der Waals surface area contributed by atoms with E-state index in [9.17, 15) is 9.59 Å². The fraction of sp³-hybridized carbons (Fsp3) is 0.375. The van der Waals surface area contributed by atoms with Gasteiger partial charge in [-0.2, -0.15) is 0 Å². The Balaban J connectivity index is 1.20. The lowest BCUT2D eigenvalue weighted by molar-refractivity contribution is 0.0139. The summed E-state index contributed by atoms with van der Waals surface area (Å²) in [6.45, 7) is 11.5. The molecule has 1 N–H and O–H groups in total. The van der Waals surface area contributed by atoms with Crippen molar-refractivity contribution in [1.82, 2.24) is 9.80 Å². The average molecular weight is 654 g/mol. The van der Waals surface area contributed by atoms with E-state index in [1.165, 1.54) is 22.3 Å². The first kappa shape index (κ1) is 28.4. The lowest BCUT2D eigenvalue weighted by Gasteiger charge is -2.35. The quantitative estimate of drug-likeness (QED) is 0.300. The average Bonchev–Trinajstić information content (AvgIpc) is 3.23. The molecule has 0 aromatic heterocycles. The molecule has 0 unspecified atom stereocenters. The number of ether oxygens (including phenoxy) is 2. The minimum Gasteiger partial charge on any atom is -0.448 e. The Hall–Kier alpha value is -3.11. The molecule has 7 nitrogen and oxygen atoms in total. The van der Waals surface area contributed by atoms with Crippen LogP contribution in [0.25, 0.3) is 11.1 Å². The number of anilines is 1. The van der Waals surface area contributed by atoms with Gasteiger partial charge in [0.25, 0.3) is 0 Å². The predicted octanol–water partition coefficient (Wildman–Crippen LogP) is 7.01. The van der Waals surface area contributed by atoms with Crippen molar-refractivity contribution in [2.45, 2.75) is 45.8 Å². The Labute approximate surface area is 250 Å². The summed E-state index contributed by atoms with van der Waals surface area (Å²) in [6.07, 6.45) is -0.712. The number of hydrogen-bond donors (Lipinski definition) is 1. The number of carbonyl (C=O) groups is 2. The van der Waals surface area contributed by atoms with E-state index in [0.29, 0.717) is 13.1 Å². The number of rotatable bonds is 5. The second-order valence-electron chi connectivity index (χ2n) is 11.4. The predicted molar refractivity (Wildman–Crippen MR) is 166 cm³/mol. The number of benzene rings is 3. The largest absolute Gasteiger partial charge is 0.448 e. The van der Waals surface area contributed by atoms with Gasteiger partial charge < -0.3 is 14.4 Å². The monoisotopic (exact) mass is 653 g/mol. The van der Waals surface area contributed by atoms with Gasteiger partial charge in [-0.05, 0) is 95.8 Å². The Kier molecular flexibility index (Phi) is 8.37. The van der Waals surface area contributed by atoms with Crippen LogP contribution in [0.2, 0.25) is 0 Å². The van der Waals surface area contributed by atoms with Crippen LogP contribution in [0.3, 0.4) is 0 Å². The first-order valence-corrected chi connectivity index (χ1v) is 14.8.